The number of halogens is 1. The highest BCUT2D eigenvalue weighted by Gasteiger charge is 2.45. The standard InChI is InChI=1S/C22H19FN2O5/c1-4-22(29)12-7-14-17-15(8-25(14)20(27)11(12)9-30-21(22)28)24(3)18-10(2)5-6-13(23)16(18)19(17)26/h5-7,29H,4,8-9H2,1-3H3/t22-/m0/s1. The van der Waals surface area contributed by atoms with Gasteiger partial charge in [-0.05, 0) is 31.0 Å². The molecule has 1 aromatic carbocycles. The molecule has 3 aromatic rings. The number of nitrogens with zero attached hydrogens (tertiary/aromatic N) is 2. The van der Waals surface area contributed by atoms with E-state index in [0.717, 1.165) is 5.56 Å². The van der Waals surface area contributed by atoms with Gasteiger partial charge in [0.25, 0.3) is 5.56 Å². The van der Waals surface area contributed by atoms with Crippen molar-refractivity contribution in [1.29, 1.82) is 0 Å². The number of carbonyl (C=O) groups is 1. The van der Waals surface area contributed by atoms with Crippen molar-refractivity contribution in [3.63, 3.8) is 0 Å². The fourth-order valence-electron chi connectivity index (χ4n) is 4.74. The number of esters is 1. The average Bonchev–Trinajstić information content (AvgIpc) is 3.11. The number of ether oxygens (including phenoxy) is 1. The molecule has 5 rings (SSSR count). The van der Waals surface area contributed by atoms with E-state index >= 15 is 0 Å². The maximum absolute atomic E-state index is 14.6. The van der Waals surface area contributed by atoms with Crippen molar-refractivity contribution in [3.05, 3.63) is 67.0 Å². The molecular formula is C22H19FN2O5. The molecule has 0 spiro atoms. The van der Waals surface area contributed by atoms with E-state index in [-0.39, 0.29) is 47.3 Å². The highest BCUT2D eigenvalue weighted by atomic mass is 19.1. The number of aromatic nitrogens is 2. The van der Waals surface area contributed by atoms with Crippen molar-refractivity contribution in [2.75, 3.05) is 0 Å². The smallest absolute Gasteiger partial charge is 0.343 e. The van der Waals surface area contributed by atoms with Crippen LogP contribution in [0.4, 0.5) is 4.39 Å². The summed E-state index contributed by atoms with van der Waals surface area (Å²) in [4.78, 5) is 38.8. The minimum Gasteiger partial charge on any atom is -0.458 e. The monoisotopic (exact) mass is 410 g/mol. The third-order valence-corrected chi connectivity index (χ3v) is 6.42. The molecule has 0 saturated heterocycles. The van der Waals surface area contributed by atoms with Gasteiger partial charge in [-0.3, -0.25) is 9.59 Å². The van der Waals surface area contributed by atoms with E-state index in [1.54, 1.807) is 31.5 Å². The van der Waals surface area contributed by atoms with Crippen LogP contribution in [0.1, 0.15) is 35.7 Å². The van der Waals surface area contributed by atoms with E-state index < -0.39 is 28.4 Å². The molecule has 1 N–H and O–H groups in total. The average molecular weight is 410 g/mol. The van der Waals surface area contributed by atoms with Gasteiger partial charge in [-0.15, -0.1) is 0 Å². The minimum absolute atomic E-state index is 0.0120. The van der Waals surface area contributed by atoms with Crippen LogP contribution in [0.5, 0.6) is 0 Å². The van der Waals surface area contributed by atoms with Crippen molar-refractivity contribution in [2.45, 2.75) is 39.0 Å². The Bertz CT molecular complexity index is 1420. The zero-order chi connectivity index (χ0) is 21.5. The Morgan fingerprint density at radius 2 is 2.00 bits per heavy atom. The van der Waals surface area contributed by atoms with Crippen LogP contribution in [0.15, 0.2) is 27.8 Å². The molecule has 2 aliphatic rings. The minimum atomic E-state index is -1.96. The predicted molar refractivity (Wildman–Crippen MR) is 107 cm³/mol. The third-order valence-electron chi connectivity index (χ3n) is 6.42. The number of fused-ring (bicyclic) bond motifs is 5. The van der Waals surface area contributed by atoms with E-state index in [9.17, 15) is 23.9 Å². The molecule has 0 aliphatic carbocycles. The fraction of sp³-hybridized carbons (Fsp3) is 0.318. The highest BCUT2D eigenvalue weighted by molar-refractivity contribution is 5.89. The van der Waals surface area contributed by atoms with Crippen molar-refractivity contribution in [2.24, 2.45) is 7.05 Å². The Hall–Kier alpha value is -3.26. The number of carbonyl (C=O) groups excluding carboxylic acids is 1. The lowest BCUT2D eigenvalue weighted by atomic mass is 9.85. The summed E-state index contributed by atoms with van der Waals surface area (Å²) in [5.41, 5.74) is -0.270. The SMILES string of the molecule is CC[C@@]1(O)C(=O)OCc2c1cc1n(c2=O)Cc2c-1c(=O)c1c(F)ccc(C)c1n2C. The van der Waals surface area contributed by atoms with E-state index in [2.05, 4.69) is 0 Å². The van der Waals surface area contributed by atoms with Crippen LogP contribution in [0.3, 0.4) is 0 Å². The first kappa shape index (κ1) is 18.7. The van der Waals surface area contributed by atoms with E-state index in [4.69, 9.17) is 4.74 Å². The normalized spacial score (nSPS) is 19.4. The van der Waals surface area contributed by atoms with Gasteiger partial charge in [0, 0.05) is 12.6 Å². The van der Waals surface area contributed by atoms with Crippen molar-refractivity contribution >= 4 is 16.9 Å². The molecule has 30 heavy (non-hydrogen) atoms. The molecule has 4 heterocycles. The molecule has 2 aliphatic heterocycles. The third kappa shape index (κ3) is 2.09. The fourth-order valence-corrected chi connectivity index (χ4v) is 4.74. The molecule has 0 amide bonds. The van der Waals surface area contributed by atoms with Gasteiger partial charge < -0.3 is 19.0 Å². The second-order valence-electron chi connectivity index (χ2n) is 7.90. The quantitative estimate of drug-likeness (QED) is 0.484. The second-order valence-corrected chi connectivity index (χ2v) is 7.90. The number of pyridine rings is 2. The molecule has 154 valence electrons. The van der Waals surface area contributed by atoms with Crippen LogP contribution in [0, 0.1) is 12.7 Å². The van der Waals surface area contributed by atoms with Crippen LogP contribution < -0.4 is 11.0 Å². The maximum atomic E-state index is 14.6. The molecule has 2 aromatic heterocycles. The van der Waals surface area contributed by atoms with Crippen molar-refractivity contribution in [1.82, 2.24) is 9.13 Å². The molecule has 0 radical (unpaired) electrons. The van der Waals surface area contributed by atoms with Gasteiger partial charge in [0.15, 0.2) is 5.60 Å². The molecule has 7 nitrogen and oxygen atoms in total. The van der Waals surface area contributed by atoms with Gasteiger partial charge >= 0.3 is 5.97 Å². The summed E-state index contributed by atoms with van der Waals surface area (Å²) in [5, 5.41) is 10.9. The first-order chi connectivity index (χ1) is 14.2. The molecule has 0 fully saturated rings. The molecule has 0 bridgehead atoms. The molecule has 0 saturated carbocycles. The number of rotatable bonds is 1. The molecule has 0 unspecified atom stereocenters. The van der Waals surface area contributed by atoms with Gasteiger partial charge in [0.05, 0.1) is 40.0 Å². The Morgan fingerprint density at radius 3 is 2.70 bits per heavy atom. The van der Waals surface area contributed by atoms with Crippen LogP contribution in [-0.2, 0) is 35.3 Å². The van der Waals surface area contributed by atoms with Crippen molar-refractivity contribution in [3.8, 4) is 11.3 Å². The Morgan fingerprint density at radius 1 is 1.27 bits per heavy atom. The number of cyclic esters (lactones) is 1. The lowest BCUT2D eigenvalue weighted by Gasteiger charge is -2.31. The van der Waals surface area contributed by atoms with Crippen LogP contribution in [0.25, 0.3) is 22.2 Å². The number of benzene rings is 1. The first-order valence-corrected chi connectivity index (χ1v) is 9.68. The zero-order valence-electron chi connectivity index (χ0n) is 16.7. The van der Waals surface area contributed by atoms with E-state index in [1.165, 1.54) is 16.7 Å². The largest absolute Gasteiger partial charge is 0.458 e. The van der Waals surface area contributed by atoms with Crippen LogP contribution >= 0.6 is 0 Å². The first-order valence-electron chi connectivity index (χ1n) is 9.68. The summed E-state index contributed by atoms with van der Waals surface area (Å²) in [7, 11) is 1.74. The summed E-state index contributed by atoms with van der Waals surface area (Å²) in [6.45, 7) is 3.30. The lowest BCUT2D eigenvalue weighted by molar-refractivity contribution is -0.172. The molecular weight excluding hydrogens is 391 g/mol. The summed E-state index contributed by atoms with van der Waals surface area (Å²) in [5.74, 6) is -1.46. The topological polar surface area (TPSA) is 90.5 Å². The van der Waals surface area contributed by atoms with Gasteiger partial charge in [0.1, 0.15) is 12.4 Å². The lowest BCUT2D eigenvalue weighted by Crippen LogP contribution is -2.44. The predicted octanol–water partition coefficient (Wildman–Crippen LogP) is 1.83. The van der Waals surface area contributed by atoms with E-state index in [0.29, 0.717) is 11.2 Å². The van der Waals surface area contributed by atoms with Crippen LogP contribution in [0.2, 0.25) is 0 Å². The van der Waals surface area contributed by atoms with Gasteiger partial charge in [-0.2, -0.15) is 0 Å². The summed E-state index contributed by atoms with van der Waals surface area (Å²) < 4.78 is 22.9. The summed E-state index contributed by atoms with van der Waals surface area (Å²) >= 11 is 0. The number of hydrogen-bond acceptors (Lipinski definition) is 5. The van der Waals surface area contributed by atoms with Crippen LogP contribution in [-0.4, -0.2) is 20.2 Å². The zero-order valence-corrected chi connectivity index (χ0v) is 16.7. The molecule has 8 heteroatoms. The summed E-state index contributed by atoms with van der Waals surface area (Å²) in [6.07, 6.45) is 0.0120. The maximum Gasteiger partial charge on any atom is 0.343 e. The number of hydrogen-bond donors (Lipinski definition) is 1. The number of aryl methyl sites for hydroxylation is 2. The van der Waals surface area contributed by atoms with Gasteiger partial charge in [-0.1, -0.05) is 13.0 Å². The van der Waals surface area contributed by atoms with E-state index in [1.807, 2.05) is 0 Å². The Kier molecular flexibility index (Phi) is 3.68. The summed E-state index contributed by atoms with van der Waals surface area (Å²) in [6, 6.07) is 4.38. The highest BCUT2D eigenvalue weighted by Crippen LogP contribution is 2.38. The van der Waals surface area contributed by atoms with Crippen molar-refractivity contribution < 1.29 is 19.0 Å². The Balaban J connectivity index is 1.92. The number of aliphatic hydroxyl groups is 1. The van der Waals surface area contributed by atoms with Gasteiger partial charge in [0.2, 0.25) is 5.43 Å². The Labute approximate surface area is 169 Å². The second kappa shape index (κ2) is 5.89. The molecule has 1 atom stereocenters. The van der Waals surface area contributed by atoms with Gasteiger partial charge in [-0.25, -0.2) is 9.18 Å².